The Hall–Kier alpha value is -1.13. The van der Waals surface area contributed by atoms with Gasteiger partial charge < -0.3 is 9.52 Å². The molecular weight excluding hydrogens is 282 g/mol. The second-order valence-electron chi connectivity index (χ2n) is 4.10. The largest absolute Gasteiger partial charge is 0.466 e. The maximum absolute atomic E-state index is 10.2. The molecule has 1 N–H and O–H groups in total. The molecule has 0 aliphatic carbocycles. The van der Waals surface area contributed by atoms with Gasteiger partial charge in [-0.05, 0) is 47.5 Å². The third-order valence-corrected chi connectivity index (χ3v) is 3.06. The molecule has 0 aromatic carbocycles. The normalized spacial score (nSPS) is 12.7. The molecule has 0 bridgehead atoms. The van der Waals surface area contributed by atoms with Gasteiger partial charge in [-0.1, -0.05) is 0 Å². The molecule has 2 heterocycles. The zero-order valence-electron chi connectivity index (χ0n) is 9.77. The minimum absolute atomic E-state index is 0.534. The minimum Gasteiger partial charge on any atom is -0.466 e. The molecule has 4 heteroatoms. The van der Waals surface area contributed by atoms with Gasteiger partial charge >= 0.3 is 0 Å². The highest BCUT2D eigenvalue weighted by molar-refractivity contribution is 9.10. The Labute approximate surface area is 109 Å². The van der Waals surface area contributed by atoms with Crippen LogP contribution in [0.25, 0.3) is 0 Å². The number of pyridine rings is 1. The van der Waals surface area contributed by atoms with E-state index in [0.29, 0.717) is 6.42 Å². The molecule has 0 fully saturated rings. The summed E-state index contributed by atoms with van der Waals surface area (Å²) in [7, 11) is 0. The minimum atomic E-state index is -0.552. The van der Waals surface area contributed by atoms with Crippen LogP contribution in [0.2, 0.25) is 0 Å². The number of aryl methyl sites for hydroxylation is 2. The van der Waals surface area contributed by atoms with Gasteiger partial charge in [0.05, 0.1) is 6.10 Å². The lowest BCUT2D eigenvalue weighted by Gasteiger charge is -2.09. The van der Waals surface area contributed by atoms with Crippen LogP contribution in [0.4, 0.5) is 0 Å². The van der Waals surface area contributed by atoms with Crippen molar-refractivity contribution in [2.45, 2.75) is 26.4 Å². The van der Waals surface area contributed by atoms with Crippen LogP contribution in [0.1, 0.15) is 28.8 Å². The van der Waals surface area contributed by atoms with Gasteiger partial charge in [0, 0.05) is 28.9 Å². The maximum Gasteiger partial charge on any atom is 0.106 e. The first-order valence-corrected chi connectivity index (χ1v) is 6.20. The van der Waals surface area contributed by atoms with E-state index in [4.69, 9.17) is 4.42 Å². The number of hydrogen-bond acceptors (Lipinski definition) is 3. The van der Waals surface area contributed by atoms with Crippen LogP contribution in [0.3, 0.4) is 0 Å². The Morgan fingerprint density at radius 2 is 2.12 bits per heavy atom. The van der Waals surface area contributed by atoms with Gasteiger partial charge in [-0.2, -0.15) is 0 Å². The maximum atomic E-state index is 10.2. The third-order valence-electron chi connectivity index (χ3n) is 2.63. The summed E-state index contributed by atoms with van der Waals surface area (Å²) in [6.45, 7) is 3.74. The van der Waals surface area contributed by atoms with E-state index in [1.54, 1.807) is 12.4 Å². The summed E-state index contributed by atoms with van der Waals surface area (Å²) < 4.78 is 6.33. The van der Waals surface area contributed by atoms with Crippen LogP contribution in [0, 0.1) is 13.8 Å². The third kappa shape index (κ3) is 2.96. The van der Waals surface area contributed by atoms with Crippen molar-refractivity contribution in [3.63, 3.8) is 0 Å². The summed E-state index contributed by atoms with van der Waals surface area (Å²) in [6, 6.07) is 3.84. The number of furan rings is 1. The van der Waals surface area contributed by atoms with Crippen LogP contribution in [0.5, 0.6) is 0 Å². The SMILES string of the molecule is Cc1cc(C(O)Cc2cncc(Br)c2)c(C)o1. The average Bonchev–Trinajstić information content (AvgIpc) is 2.58. The number of aliphatic hydroxyl groups is 1. The Bertz CT molecular complexity index is 522. The highest BCUT2D eigenvalue weighted by atomic mass is 79.9. The van der Waals surface area contributed by atoms with Crippen LogP contribution >= 0.6 is 15.9 Å². The molecule has 0 saturated carbocycles. The fourth-order valence-electron chi connectivity index (χ4n) is 1.88. The fraction of sp³-hybridized carbons (Fsp3) is 0.308. The summed E-state index contributed by atoms with van der Waals surface area (Å²) in [5.74, 6) is 1.60. The molecule has 0 aliphatic heterocycles. The molecule has 3 nitrogen and oxygen atoms in total. The standard InChI is InChI=1S/C13H14BrNO2/c1-8-3-12(9(2)17-8)13(16)5-10-4-11(14)7-15-6-10/h3-4,6-7,13,16H,5H2,1-2H3. The summed E-state index contributed by atoms with van der Waals surface area (Å²) >= 11 is 3.36. The summed E-state index contributed by atoms with van der Waals surface area (Å²) in [5.41, 5.74) is 1.84. The van der Waals surface area contributed by atoms with E-state index in [0.717, 1.165) is 27.1 Å². The molecular formula is C13H14BrNO2. The first-order valence-electron chi connectivity index (χ1n) is 5.40. The van der Waals surface area contributed by atoms with Crippen molar-refractivity contribution in [3.8, 4) is 0 Å². The number of nitrogens with zero attached hydrogens (tertiary/aromatic N) is 1. The Morgan fingerprint density at radius 1 is 1.35 bits per heavy atom. The lowest BCUT2D eigenvalue weighted by molar-refractivity contribution is 0.176. The Balaban J connectivity index is 2.16. The highest BCUT2D eigenvalue weighted by Gasteiger charge is 2.15. The van der Waals surface area contributed by atoms with E-state index >= 15 is 0 Å². The van der Waals surface area contributed by atoms with Crippen molar-refractivity contribution < 1.29 is 9.52 Å². The molecule has 0 spiro atoms. The number of hydrogen-bond donors (Lipinski definition) is 1. The van der Waals surface area contributed by atoms with Crippen molar-refractivity contribution >= 4 is 15.9 Å². The zero-order chi connectivity index (χ0) is 12.4. The number of rotatable bonds is 3. The van der Waals surface area contributed by atoms with E-state index < -0.39 is 6.10 Å². The van der Waals surface area contributed by atoms with E-state index in [-0.39, 0.29) is 0 Å². The van der Waals surface area contributed by atoms with Crippen molar-refractivity contribution in [3.05, 3.63) is 51.6 Å². The number of halogens is 1. The van der Waals surface area contributed by atoms with E-state index in [2.05, 4.69) is 20.9 Å². The molecule has 90 valence electrons. The van der Waals surface area contributed by atoms with Crippen LogP contribution in [-0.2, 0) is 6.42 Å². The van der Waals surface area contributed by atoms with Gasteiger partial charge in [-0.25, -0.2) is 0 Å². The molecule has 0 saturated heterocycles. The topological polar surface area (TPSA) is 46.3 Å². The van der Waals surface area contributed by atoms with Gasteiger partial charge in [0.15, 0.2) is 0 Å². The second-order valence-corrected chi connectivity index (χ2v) is 5.02. The molecule has 0 radical (unpaired) electrons. The van der Waals surface area contributed by atoms with Gasteiger partial charge in [0.25, 0.3) is 0 Å². The molecule has 0 aliphatic rings. The molecule has 1 unspecified atom stereocenters. The summed E-state index contributed by atoms with van der Waals surface area (Å²) in [5, 5.41) is 10.2. The van der Waals surface area contributed by atoms with E-state index in [1.165, 1.54) is 0 Å². The van der Waals surface area contributed by atoms with Gasteiger partial charge in [-0.15, -0.1) is 0 Å². The van der Waals surface area contributed by atoms with Crippen LogP contribution < -0.4 is 0 Å². The smallest absolute Gasteiger partial charge is 0.106 e. The molecule has 17 heavy (non-hydrogen) atoms. The first kappa shape index (κ1) is 12.3. The molecule has 2 rings (SSSR count). The monoisotopic (exact) mass is 295 g/mol. The van der Waals surface area contributed by atoms with E-state index in [1.807, 2.05) is 26.0 Å². The lowest BCUT2D eigenvalue weighted by Crippen LogP contribution is -2.02. The number of aromatic nitrogens is 1. The fourth-order valence-corrected chi connectivity index (χ4v) is 2.29. The van der Waals surface area contributed by atoms with Crippen molar-refractivity contribution in [2.75, 3.05) is 0 Å². The predicted molar refractivity (Wildman–Crippen MR) is 68.8 cm³/mol. The van der Waals surface area contributed by atoms with Gasteiger partial charge in [-0.3, -0.25) is 4.98 Å². The van der Waals surface area contributed by atoms with Crippen LogP contribution in [-0.4, -0.2) is 10.1 Å². The quantitative estimate of drug-likeness (QED) is 0.945. The Kier molecular flexibility index (Phi) is 3.64. The Morgan fingerprint density at radius 3 is 2.71 bits per heavy atom. The van der Waals surface area contributed by atoms with Crippen LogP contribution in [0.15, 0.2) is 33.4 Å². The lowest BCUT2D eigenvalue weighted by atomic mass is 10.0. The highest BCUT2D eigenvalue weighted by Crippen LogP contribution is 2.25. The second kappa shape index (κ2) is 5.02. The molecule has 0 amide bonds. The predicted octanol–water partition coefficient (Wildman–Crippen LogP) is 3.33. The van der Waals surface area contributed by atoms with E-state index in [9.17, 15) is 5.11 Å². The molecule has 2 aromatic heterocycles. The zero-order valence-corrected chi connectivity index (χ0v) is 11.4. The summed E-state index contributed by atoms with van der Waals surface area (Å²) in [4.78, 5) is 4.08. The number of aliphatic hydroxyl groups excluding tert-OH is 1. The molecule has 2 aromatic rings. The average molecular weight is 296 g/mol. The first-order chi connectivity index (χ1) is 8.06. The molecule has 1 atom stereocenters. The van der Waals surface area contributed by atoms with Gasteiger partial charge in [0.1, 0.15) is 11.5 Å². The van der Waals surface area contributed by atoms with Gasteiger partial charge in [0.2, 0.25) is 0 Å². The van der Waals surface area contributed by atoms with Crippen molar-refractivity contribution in [1.82, 2.24) is 4.98 Å². The summed E-state index contributed by atoms with van der Waals surface area (Å²) in [6.07, 6.45) is 3.47. The van der Waals surface area contributed by atoms with Crippen molar-refractivity contribution in [2.24, 2.45) is 0 Å². The van der Waals surface area contributed by atoms with Crippen molar-refractivity contribution in [1.29, 1.82) is 0 Å².